The summed E-state index contributed by atoms with van der Waals surface area (Å²) in [6, 6.07) is 12.1. The molecule has 2 amide bonds. The highest BCUT2D eigenvalue weighted by atomic mass is 79.9. The highest BCUT2D eigenvalue weighted by Crippen LogP contribution is 2.17. The third-order valence-corrected chi connectivity index (χ3v) is 3.35. The average molecular weight is 347 g/mol. The fourth-order valence-corrected chi connectivity index (χ4v) is 2.37. The number of amides is 2. The summed E-state index contributed by atoms with van der Waals surface area (Å²) >= 11 is 3.34. The zero-order valence-corrected chi connectivity index (χ0v) is 12.3. The van der Waals surface area contributed by atoms with Crippen molar-refractivity contribution in [1.29, 1.82) is 0 Å². The molecule has 0 saturated heterocycles. The van der Waals surface area contributed by atoms with Crippen molar-refractivity contribution in [2.24, 2.45) is 0 Å². The lowest BCUT2D eigenvalue weighted by Gasteiger charge is -2.08. The van der Waals surface area contributed by atoms with Crippen molar-refractivity contribution in [3.05, 3.63) is 57.4 Å². The van der Waals surface area contributed by atoms with Crippen LogP contribution in [0.25, 0.3) is 11.0 Å². The van der Waals surface area contributed by atoms with Crippen molar-refractivity contribution in [2.75, 3.05) is 10.6 Å². The number of hydrogen-bond donors (Lipinski definition) is 4. The smallest absolute Gasteiger partial charge is 0.308 e. The molecule has 4 N–H and O–H groups in total. The Morgan fingerprint density at radius 1 is 0.952 bits per heavy atom. The summed E-state index contributed by atoms with van der Waals surface area (Å²) in [5.41, 5.74) is 2.32. The third-order valence-electron chi connectivity index (χ3n) is 2.86. The molecule has 0 atom stereocenters. The van der Waals surface area contributed by atoms with Crippen molar-refractivity contribution in [2.45, 2.75) is 0 Å². The molecule has 7 heteroatoms. The number of hydrogen-bond acceptors (Lipinski definition) is 2. The molecule has 0 aliphatic rings. The number of anilines is 2. The van der Waals surface area contributed by atoms with Crippen LogP contribution in [0.1, 0.15) is 0 Å². The summed E-state index contributed by atoms with van der Waals surface area (Å²) in [6.45, 7) is 0. The van der Waals surface area contributed by atoms with Gasteiger partial charge in [-0.25, -0.2) is 9.59 Å². The Hall–Kier alpha value is -2.54. The number of rotatable bonds is 2. The Kier molecular flexibility index (Phi) is 3.49. The first kappa shape index (κ1) is 13.4. The molecule has 2 aromatic carbocycles. The van der Waals surface area contributed by atoms with Crippen molar-refractivity contribution in [3.63, 3.8) is 0 Å². The Bertz CT molecular complexity index is 869. The number of carbonyl (C=O) groups excluding carboxylic acids is 1. The van der Waals surface area contributed by atoms with Crippen LogP contribution in [-0.2, 0) is 0 Å². The van der Waals surface area contributed by atoms with Gasteiger partial charge in [0, 0.05) is 15.8 Å². The Morgan fingerprint density at radius 3 is 2.43 bits per heavy atom. The van der Waals surface area contributed by atoms with Gasteiger partial charge in [-0.15, -0.1) is 0 Å². The molecular formula is C14H11BrN4O2. The minimum absolute atomic E-state index is 0.277. The van der Waals surface area contributed by atoms with Gasteiger partial charge in [0.25, 0.3) is 0 Å². The number of H-pyrrole nitrogens is 2. The normalized spacial score (nSPS) is 10.5. The maximum atomic E-state index is 11.9. The van der Waals surface area contributed by atoms with Crippen molar-refractivity contribution in [1.82, 2.24) is 9.97 Å². The zero-order valence-electron chi connectivity index (χ0n) is 10.7. The number of fused-ring (bicyclic) bond motifs is 1. The van der Waals surface area contributed by atoms with Gasteiger partial charge in [-0.1, -0.05) is 22.0 Å². The molecule has 0 aliphatic carbocycles. The Balaban J connectivity index is 1.75. The SMILES string of the molecule is O=C(Nc1cccc(Br)c1)Nc1ccc2[nH]c(=O)[nH]c2c1. The van der Waals surface area contributed by atoms with E-state index in [1.54, 1.807) is 30.3 Å². The topological polar surface area (TPSA) is 89.8 Å². The third kappa shape index (κ3) is 3.14. The lowest BCUT2D eigenvalue weighted by molar-refractivity contribution is 0.262. The van der Waals surface area contributed by atoms with E-state index in [-0.39, 0.29) is 11.7 Å². The summed E-state index contributed by atoms with van der Waals surface area (Å²) in [4.78, 5) is 28.4. The van der Waals surface area contributed by atoms with E-state index in [0.717, 1.165) is 4.47 Å². The van der Waals surface area contributed by atoms with E-state index in [0.29, 0.717) is 22.4 Å². The second-order valence-electron chi connectivity index (χ2n) is 4.43. The van der Waals surface area contributed by atoms with Crippen LogP contribution in [0.4, 0.5) is 16.2 Å². The van der Waals surface area contributed by atoms with Gasteiger partial charge in [0.2, 0.25) is 0 Å². The van der Waals surface area contributed by atoms with E-state index in [1.165, 1.54) is 0 Å². The number of carbonyl (C=O) groups is 1. The molecule has 0 fully saturated rings. The number of aromatic amines is 2. The molecule has 0 aliphatic heterocycles. The highest BCUT2D eigenvalue weighted by molar-refractivity contribution is 9.10. The van der Waals surface area contributed by atoms with Gasteiger partial charge in [0.15, 0.2) is 0 Å². The van der Waals surface area contributed by atoms with E-state index in [9.17, 15) is 9.59 Å². The molecular weight excluding hydrogens is 336 g/mol. The van der Waals surface area contributed by atoms with Crippen LogP contribution in [0.15, 0.2) is 51.7 Å². The number of halogens is 1. The summed E-state index contributed by atoms with van der Waals surface area (Å²) in [5.74, 6) is 0. The number of aromatic nitrogens is 2. The van der Waals surface area contributed by atoms with Gasteiger partial charge < -0.3 is 20.6 Å². The van der Waals surface area contributed by atoms with Crippen LogP contribution < -0.4 is 16.3 Å². The number of urea groups is 1. The largest absolute Gasteiger partial charge is 0.323 e. The quantitative estimate of drug-likeness (QED) is 0.573. The first-order valence-electron chi connectivity index (χ1n) is 6.16. The fraction of sp³-hybridized carbons (Fsp3) is 0. The molecule has 21 heavy (non-hydrogen) atoms. The molecule has 6 nitrogen and oxygen atoms in total. The summed E-state index contributed by atoms with van der Waals surface area (Å²) in [6.07, 6.45) is 0. The minimum Gasteiger partial charge on any atom is -0.308 e. The van der Waals surface area contributed by atoms with Crippen LogP contribution in [0.5, 0.6) is 0 Å². The summed E-state index contributed by atoms with van der Waals surface area (Å²) in [7, 11) is 0. The molecule has 0 spiro atoms. The minimum atomic E-state index is -0.356. The predicted octanol–water partition coefficient (Wildman–Crippen LogP) is 3.26. The molecule has 1 heterocycles. The highest BCUT2D eigenvalue weighted by Gasteiger charge is 2.05. The monoisotopic (exact) mass is 346 g/mol. The van der Waals surface area contributed by atoms with Crippen molar-refractivity contribution >= 4 is 44.4 Å². The van der Waals surface area contributed by atoms with Crippen LogP contribution >= 0.6 is 15.9 Å². The maximum absolute atomic E-state index is 11.9. The Morgan fingerprint density at radius 2 is 1.67 bits per heavy atom. The first-order valence-corrected chi connectivity index (χ1v) is 6.95. The fourth-order valence-electron chi connectivity index (χ4n) is 1.97. The predicted molar refractivity (Wildman–Crippen MR) is 85.7 cm³/mol. The van der Waals surface area contributed by atoms with Gasteiger partial charge >= 0.3 is 11.7 Å². The first-order chi connectivity index (χ1) is 10.1. The van der Waals surface area contributed by atoms with E-state index < -0.39 is 0 Å². The van der Waals surface area contributed by atoms with Crippen molar-refractivity contribution in [3.8, 4) is 0 Å². The van der Waals surface area contributed by atoms with Crippen LogP contribution in [0, 0.1) is 0 Å². The van der Waals surface area contributed by atoms with E-state index in [1.807, 2.05) is 12.1 Å². The molecule has 106 valence electrons. The Labute approximate surface area is 127 Å². The molecule has 0 radical (unpaired) electrons. The van der Waals surface area contributed by atoms with Gasteiger partial charge in [0.1, 0.15) is 0 Å². The summed E-state index contributed by atoms with van der Waals surface area (Å²) < 4.78 is 0.881. The van der Waals surface area contributed by atoms with Crippen LogP contribution in [0.2, 0.25) is 0 Å². The van der Waals surface area contributed by atoms with E-state index >= 15 is 0 Å². The van der Waals surface area contributed by atoms with Gasteiger partial charge in [-0.05, 0) is 36.4 Å². The molecule has 0 bridgehead atoms. The van der Waals surface area contributed by atoms with Gasteiger partial charge in [-0.2, -0.15) is 0 Å². The van der Waals surface area contributed by atoms with E-state index in [4.69, 9.17) is 0 Å². The van der Waals surface area contributed by atoms with Crippen LogP contribution in [-0.4, -0.2) is 16.0 Å². The molecule has 3 aromatic rings. The van der Waals surface area contributed by atoms with Crippen LogP contribution in [0.3, 0.4) is 0 Å². The number of imidazole rings is 1. The standard InChI is InChI=1S/C14H11BrN4O2/c15-8-2-1-3-9(6-8)16-13(20)17-10-4-5-11-12(7-10)19-14(21)18-11/h1-7H,(H2,16,17,20)(H2,18,19,21). The molecule has 0 unspecified atom stereocenters. The summed E-state index contributed by atoms with van der Waals surface area (Å²) in [5, 5.41) is 5.43. The lowest BCUT2D eigenvalue weighted by atomic mass is 10.3. The second kappa shape index (κ2) is 5.45. The molecule has 1 aromatic heterocycles. The lowest BCUT2D eigenvalue weighted by Crippen LogP contribution is -2.19. The zero-order chi connectivity index (χ0) is 14.8. The number of benzene rings is 2. The number of nitrogens with one attached hydrogen (secondary N) is 4. The van der Waals surface area contributed by atoms with Crippen molar-refractivity contribution < 1.29 is 4.79 Å². The second-order valence-corrected chi connectivity index (χ2v) is 5.34. The molecule has 3 rings (SSSR count). The molecule has 0 saturated carbocycles. The van der Waals surface area contributed by atoms with Gasteiger partial charge in [0.05, 0.1) is 11.0 Å². The maximum Gasteiger partial charge on any atom is 0.323 e. The van der Waals surface area contributed by atoms with E-state index in [2.05, 4.69) is 36.5 Å². The average Bonchev–Trinajstić information content (AvgIpc) is 2.78. The van der Waals surface area contributed by atoms with Gasteiger partial charge in [-0.3, -0.25) is 0 Å².